The number of likely N-dealkylation sites (tertiary alicyclic amines) is 1. The standard InChI is InChI=1S/C25H26N6O2S/c1-16(2)31-22-20(14-27-31)19(13-21(28-22)17-7-4-3-5-8-17)24(33)30-11-6-9-18(15-30)23(32)29-25-26-10-12-34-25/h3-5,7-8,10,12-14,16,18H,6,9,11,15H2,1-2H3,(H,26,29,32). The Labute approximate surface area is 201 Å². The van der Waals surface area contributed by atoms with Crippen molar-refractivity contribution in [2.24, 2.45) is 5.92 Å². The van der Waals surface area contributed by atoms with Gasteiger partial charge < -0.3 is 10.2 Å². The molecular weight excluding hydrogens is 448 g/mol. The number of amides is 2. The fraction of sp³-hybridized carbons (Fsp3) is 0.320. The predicted octanol–water partition coefficient (Wildman–Crippen LogP) is 4.63. The van der Waals surface area contributed by atoms with E-state index < -0.39 is 0 Å². The summed E-state index contributed by atoms with van der Waals surface area (Å²) in [6, 6.07) is 11.8. The van der Waals surface area contributed by atoms with Crippen molar-refractivity contribution in [2.45, 2.75) is 32.7 Å². The Kier molecular flexibility index (Phi) is 6.10. The highest BCUT2D eigenvalue weighted by Gasteiger charge is 2.31. The van der Waals surface area contributed by atoms with E-state index in [2.05, 4.69) is 15.4 Å². The third kappa shape index (κ3) is 4.31. The van der Waals surface area contributed by atoms with Crippen molar-refractivity contribution in [3.8, 4) is 11.3 Å². The lowest BCUT2D eigenvalue weighted by atomic mass is 9.96. The van der Waals surface area contributed by atoms with Crippen LogP contribution in [0.4, 0.5) is 5.13 Å². The molecule has 1 atom stereocenters. The maximum Gasteiger partial charge on any atom is 0.254 e. The molecule has 4 heterocycles. The average molecular weight is 475 g/mol. The molecule has 1 aliphatic heterocycles. The fourth-order valence-electron chi connectivity index (χ4n) is 4.37. The first-order chi connectivity index (χ1) is 16.5. The second-order valence-electron chi connectivity index (χ2n) is 8.76. The van der Waals surface area contributed by atoms with E-state index >= 15 is 0 Å². The molecule has 1 aromatic carbocycles. The van der Waals surface area contributed by atoms with Gasteiger partial charge >= 0.3 is 0 Å². The van der Waals surface area contributed by atoms with Crippen LogP contribution in [0.3, 0.4) is 0 Å². The monoisotopic (exact) mass is 474 g/mol. The summed E-state index contributed by atoms with van der Waals surface area (Å²) in [5.41, 5.74) is 2.93. The first-order valence-electron chi connectivity index (χ1n) is 11.4. The van der Waals surface area contributed by atoms with Gasteiger partial charge in [0.1, 0.15) is 0 Å². The van der Waals surface area contributed by atoms with Crippen molar-refractivity contribution in [2.75, 3.05) is 18.4 Å². The number of aromatic nitrogens is 4. The molecule has 3 aromatic heterocycles. The number of nitrogens with zero attached hydrogens (tertiary/aromatic N) is 5. The van der Waals surface area contributed by atoms with Crippen LogP contribution in [0, 0.1) is 5.92 Å². The Morgan fingerprint density at radius 1 is 1.21 bits per heavy atom. The summed E-state index contributed by atoms with van der Waals surface area (Å²) in [5.74, 6) is -0.463. The molecule has 0 radical (unpaired) electrons. The molecule has 9 heteroatoms. The van der Waals surface area contributed by atoms with Gasteiger partial charge in [0.15, 0.2) is 10.8 Å². The molecule has 0 bridgehead atoms. The summed E-state index contributed by atoms with van der Waals surface area (Å²) >= 11 is 1.38. The van der Waals surface area contributed by atoms with Crippen LogP contribution >= 0.6 is 11.3 Å². The van der Waals surface area contributed by atoms with Crippen molar-refractivity contribution < 1.29 is 9.59 Å². The van der Waals surface area contributed by atoms with Crippen LogP contribution in [0.1, 0.15) is 43.1 Å². The summed E-state index contributed by atoms with van der Waals surface area (Å²) in [6.07, 6.45) is 4.90. The molecule has 0 aliphatic carbocycles. The number of benzene rings is 1. The number of pyridine rings is 1. The maximum atomic E-state index is 13.8. The molecule has 0 spiro atoms. The topological polar surface area (TPSA) is 93.0 Å². The highest BCUT2D eigenvalue weighted by molar-refractivity contribution is 7.13. The van der Waals surface area contributed by atoms with E-state index in [1.807, 2.05) is 60.3 Å². The molecule has 1 aliphatic rings. The van der Waals surface area contributed by atoms with Crippen LogP contribution in [0.2, 0.25) is 0 Å². The van der Waals surface area contributed by atoms with E-state index in [1.54, 1.807) is 17.3 Å². The van der Waals surface area contributed by atoms with Crippen LogP contribution in [0.5, 0.6) is 0 Å². The Hall–Kier alpha value is -3.59. The van der Waals surface area contributed by atoms with Crippen molar-refractivity contribution in [3.05, 3.63) is 59.7 Å². The van der Waals surface area contributed by atoms with Gasteiger partial charge in [-0.05, 0) is 32.8 Å². The van der Waals surface area contributed by atoms with E-state index in [0.29, 0.717) is 29.4 Å². The van der Waals surface area contributed by atoms with Crippen molar-refractivity contribution >= 4 is 39.3 Å². The van der Waals surface area contributed by atoms with Gasteiger partial charge in [0.05, 0.1) is 28.8 Å². The lowest BCUT2D eigenvalue weighted by Gasteiger charge is -2.32. The van der Waals surface area contributed by atoms with Crippen LogP contribution in [0.25, 0.3) is 22.3 Å². The zero-order valence-electron chi connectivity index (χ0n) is 19.1. The van der Waals surface area contributed by atoms with Gasteiger partial charge in [0.25, 0.3) is 5.91 Å². The van der Waals surface area contributed by atoms with Crippen molar-refractivity contribution in [1.82, 2.24) is 24.6 Å². The zero-order chi connectivity index (χ0) is 23.7. The molecular formula is C25H26N6O2S. The van der Waals surface area contributed by atoms with E-state index in [4.69, 9.17) is 4.98 Å². The minimum Gasteiger partial charge on any atom is -0.338 e. The summed E-state index contributed by atoms with van der Waals surface area (Å²) < 4.78 is 1.85. The number of carbonyl (C=O) groups excluding carboxylic acids is 2. The molecule has 0 saturated carbocycles. The van der Waals surface area contributed by atoms with Gasteiger partial charge in [-0.3, -0.25) is 9.59 Å². The van der Waals surface area contributed by atoms with Gasteiger partial charge in [-0.1, -0.05) is 30.3 Å². The van der Waals surface area contributed by atoms with E-state index in [1.165, 1.54) is 11.3 Å². The smallest absolute Gasteiger partial charge is 0.254 e. The number of fused-ring (bicyclic) bond motifs is 1. The average Bonchev–Trinajstić information content (AvgIpc) is 3.53. The normalized spacial score (nSPS) is 16.2. The van der Waals surface area contributed by atoms with Gasteiger partial charge in [0.2, 0.25) is 5.91 Å². The molecule has 1 unspecified atom stereocenters. The van der Waals surface area contributed by atoms with Gasteiger partial charge in [0, 0.05) is 36.3 Å². The van der Waals surface area contributed by atoms with Gasteiger partial charge in [-0.15, -0.1) is 11.3 Å². The Morgan fingerprint density at radius 3 is 2.76 bits per heavy atom. The Morgan fingerprint density at radius 2 is 2.03 bits per heavy atom. The van der Waals surface area contributed by atoms with E-state index in [9.17, 15) is 9.59 Å². The zero-order valence-corrected chi connectivity index (χ0v) is 20.0. The lowest BCUT2D eigenvalue weighted by Crippen LogP contribution is -2.43. The fourth-order valence-corrected chi connectivity index (χ4v) is 4.90. The Balaban J connectivity index is 1.48. The molecule has 34 heavy (non-hydrogen) atoms. The second-order valence-corrected chi connectivity index (χ2v) is 9.65. The number of nitrogens with one attached hydrogen (secondary N) is 1. The summed E-state index contributed by atoms with van der Waals surface area (Å²) in [6.45, 7) is 5.07. The number of piperidine rings is 1. The molecule has 174 valence electrons. The van der Waals surface area contributed by atoms with Crippen LogP contribution in [-0.4, -0.2) is 49.6 Å². The number of anilines is 1. The number of rotatable bonds is 5. The number of hydrogen-bond acceptors (Lipinski definition) is 6. The molecule has 2 amide bonds. The molecule has 1 saturated heterocycles. The first-order valence-corrected chi connectivity index (χ1v) is 12.3. The van der Waals surface area contributed by atoms with Crippen molar-refractivity contribution in [1.29, 1.82) is 0 Å². The lowest BCUT2D eigenvalue weighted by molar-refractivity contribution is -0.121. The number of carbonyl (C=O) groups is 2. The largest absolute Gasteiger partial charge is 0.338 e. The van der Waals surface area contributed by atoms with Crippen LogP contribution in [-0.2, 0) is 4.79 Å². The molecule has 1 fully saturated rings. The molecule has 4 aromatic rings. The quantitative estimate of drug-likeness (QED) is 0.455. The second kappa shape index (κ2) is 9.34. The summed E-state index contributed by atoms with van der Waals surface area (Å²) in [7, 11) is 0. The molecule has 5 rings (SSSR count). The highest BCUT2D eigenvalue weighted by Crippen LogP contribution is 2.29. The number of thiazole rings is 1. The first kappa shape index (κ1) is 22.2. The SMILES string of the molecule is CC(C)n1ncc2c(C(=O)N3CCCC(C(=O)Nc4nccs4)C3)cc(-c3ccccc3)nc21. The third-order valence-corrected chi connectivity index (χ3v) is 6.79. The Bertz CT molecular complexity index is 1320. The summed E-state index contributed by atoms with van der Waals surface area (Å²) in [4.78, 5) is 37.3. The van der Waals surface area contributed by atoms with Crippen LogP contribution in [0.15, 0.2) is 54.2 Å². The van der Waals surface area contributed by atoms with E-state index in [-0.39, 0.29) is 23.8 Å². The molecule has 1 N–H and O–H groups in total. The van der Waals surface area contributed by atoms with E-state index in [0.717, 1.165) is 29.5 Å². The summed E-state index contributed by atoms with van der Waals surface area (Å²) in [5, 5.41) is 10.5. The maximum absolute atomic E-state index is 13.8. The minimum absolute atomic E-state index is 0.0927. The van der Waals surface area contributed by atoms with Crippen molar-refractivity contribution in [3.63, 3.8) is 0 Å². The third-order valence-electron chi connectivity index (χ3n) is 6.10. The molecule has 8 nitrogen and oxygen atoms in total. The van der Waals surface area contributed by atoms with Gasteiger partial charge in [-0.25, -0.2) is 14.6 Å². The highest BCUT2D eigenvalue weighted by atomic mass is 32.1. The van der Waals surface area contributed by atoms with Crippen LogP contribution < -0.4 is 5.32 Å². The minimum atomic E-state index is -0.272. The van der Waals surface area contributed by atoms with Gasteiger partial charge in [-0.2, -0.15) is 5.10 Å². The predicted molar refractivity (Wildman–Crippen MR) is 133 cm³/mol. The number of hydrogen-bond donors (Lipinski definition) is 1.